The number of esters is 1. The Morgan fingerprint density at radius 2 is 2.11 bits per heavy atom. The molecule has 0 radical (unpaired) electrons. The Bertz CT molecular complexity index is 400. The third kappa shape index (κ3) is 3.77. The van der Waals surface area contributed by atoms with Gasteiger partial charge in [-0.1, -0.05) is 6.07 Å². The summed E-state index contributed by atoms with van der Waals surface area (Å²) in [5.41, 5.74) is 1.10. The molecule has 0 aliphatic heterocycles. The standard InChI is InChI=1S/C15H22N2O2/c1-17(11-13-5-3-4-10-16-13)14-8-6-12(7-9-14)15(18)19-2/h3-5,10,12,14H,6-9,11H2,1-2H3. The molecule has 1 saturated carbocycles. The molecule has 1 heterocycles. The second-order valence-corrected chi connectivity index (χ2v) is 5.26. The zero-order valence-electron chi connectivity index (χ0n) is 11.7. The molecule has 1 fully saturated rings. The summed E-state index contributed by atoms with van der Waals surface area (Å²) in [4.78, 5) is 18.2. The van der Waals surface area contributed by atoms with Crippen molar-refractivity contribution in [3.63, 3.8) is 0 Å². The van der Waals surface area contributed by atoms with Gasteiger partial charge in [-0.05, 0) is 44.9 Å². The summed E-state index contributed by atoms with van der Waals surface area (Å²) in [5.74, 6) is 0.0512. The Morgan fingerprint density at radius 1 is 1.37 bits per heavy atom. The van der Waals surface area contributed by atoms with Crippen molar-refractivity contribution >= 4 is 5.97 Å². The first-order chi connectivity index (χ1) is 9.20. The van der Waals surface area contributed by atoms with Gasteiger partial charge < -0.3 is 4.74 Å². The lowest BCUT2D eigenvalue weighted by Gasteiger charge is -2.33. The summed E-state index contributed by atoms with van der Waals surface area (Å²) in [7, 11) is 3.61. The third-order valence-corrected chi connectivity index (χ3v) is 3.99. The Hall–Kier alpha value is -1.42. The highest BCUT2D eigenvalue weighted by Crippen LogP contribution is 2.28. The second-order valence-electron chi connectivity index (χ2n) is 5.26. The molecule has 0 saturated heterocycles. The maximum absolute atomic E-state index is 11.5. The van der Waals surface area contributed by atoms with E-state index in [2.05, 4.69) is 23.0 Å². The third-order valence-electron chi connectivity index (χ3n) is 3.99. The molecule has 1 aromatic heterocycles. The molecule has 1 aliphatic rings. The van der Waals surface area contributed by atoms with Crippen LogP contribution >= 0.6 is 0 Å². The number of hydrogen-bond donors (Lipinski definition) is 0. The molecular weight excluding hydrogens is 240 g/mol. The molecule has 0 bridgehead atoms. The van der Waals surface area contributed by atoms with E-state index in [1.165, 1.54) is 7.11 Å². The Kier molecular flexibility index (Phi) is 4.91. The van der Waals surface area contributed by atoms with Gasteiger partial charge in [-0.25, -0.2) is 0 Å². The largest absolute Gasteiger partial charge is 0.469 e. The van der Waals surface area contributed by atoms with Crippen molar-refractivity contribution < 1.29 is 9.53 Å². The van der Waals surface area contributed by atoms with E-state index in [4.69, 9.17) is 4.74 Å². The topological polar surface area (TPSA) is 42.4 Å². The van der Waals surface area contributed by atoms with Gasteiger partial charge in [0.25, 0.3) is 0 Å². The van der Waals surface area contributed by atoms with Crippen LogP contribution in [0.5, 0.6) is 0 Å². The lowest BCUT2D eigenvalue weighted by molar-refractivity contribution is -0.146. The van der Waals surface area contributed by atoms with Crippen LogP contribution in [0.15, 0.2) is 24.4 Å². The van der Waals surface area contributed by atoms with E-state index in [1.54, 1.807) is 0 Å². The molecule has 0 aromatic carbocycles. The van der Waals surface area contributed by atoms with Crippen LogP contribution in [0.2, 0.25) is 0 Å². The summed E-state index contributed by atoms with van der Waals surface area (Å²) in [5, 5.41) is 0. The van der Waals surface area contributed by atoms with E-state index in [-0.39, 0.29) is 11.9 Å². The quantitative estimate of drug-likeness (QED) is 0.780. The van der Waals surface area contributed by atoms with Gasteiger partial charge in [0.2, 0.25) is 0 Å². The fourth-order valence-corrected chi connectivity index (χ4v) is 2.80. The number of methoxy groups -OCH3 is 1. The van der Waals surface area contributed by atoms with Gasteiger partial charge in [0.15, 0.2) is 0 Å². The summed E-state index contributed by atoms with van der Waals surface area (Å²) in [6, 6.07) is 6.55. The lowest BCUT2D eigenvalue weighted by Crippen LogP contribution is -2.36. The van der Waals surface area contributed by atoms with Crippen molar-refractivity contribution in [3.8, 4) is 0 Å². The zero-order valence-corrected chi connectivity index (χ0v) is 11.7. The first-order valence-electron chi connectivity index (χ1n) is 6.88. The van der Waals surface area contributed by atoms with Gasteiger partial charge in [0.05, 0.1) is 18.7 Å². The van der Waals surface area contributed by atoms with Gasteiger partial charge in [-0.3, -0.25) is 14.7 Å². The second kappa shape index (κ2) is 6.66. The first-order valence-corrected chi connectivity index (χ1v) is 6.88. The van der Waals surface area contributed by atoms with E-state index < -0.39 is 0 Å². The van der Waals surface area contributed by atoms with Crippen LogP contribution in [0.1, 0.15) is 31.4 Å². The maximum atomic E-state index is 11.5. The summed E-state index contributed by atoms with van der Waals surface area (Å²) in [6.45, 7) is 0.869. The van der Waals surface area contributed by atoms with Crippen molar-refractivity contribution in [2.24, 2.45) is 5.92 Å². The molecule has 19 heavy (non-hydrogen) atoms. The molecule has 0 spiro atoms. The van der Waals surface area contributed by atoms with Crippen LogP contribution in [0, 0.1) is 5.92 Å². The number of hydrogen-bond acceptors (Lipinski definition) is 4. The summed E-state index contributed by atoms with van der Waals surface area (Å²) < 4.78 is 4.82. The molecule has 2 rings (SSSR count). The predicted octanol–water partition coefficient (Wildman–Crippen LogP) is 2.25. The van der Waals surface area contributed by atoms with Crippen LogP contribution in [0.3, 0.4) is 0 Å². The number of nitrogens with zero attached hydrogens (tertiary/aromatic N) is 2. The average Bonchev–Trinajstić information content (AvgIpc) is 2.47. The minimum Gasteiger partial charge on any atom is -0.469 e. The smallest absolute Gasteiger partial charge is 0.308 e. The average molecular weight is 262 g/mol. The van der Waals surface area contributed by atoms with Crippen molar-refractivity contribution in [2.75, 3.05) is 14.2 Å². The van der Waals surface area contributed by atoms with Crippen molar-refractivity contribution in [2.45, 2.75) is 38.3 Å². The van der Waals surface area contributed by atoms with E-state index in [9.17, 15) is 4.79 Å². The minimum atomic E-state index is -0.0502. The fraction of sp³-hybridized carbons (Fsp3) is 0.600. The van der Waals surface area contributed by atoms with Gasteiger partial charge in [-0.2, -0.15) is 0 Å². The number of aromatic nitrogens is 1. The molecule has 0 N–H and O–H groups in total. The van der Waals surface area contributed by atoms with E-state index in [0.29, 0.717) is 6.04 Å². The fourth-order valence-electron chi connectivity index (χ4n) is 2.80. The zero-order chi connectivity index (χ0) is 13.7. The number of rotatable bonds is 4. The molecular formula is C15H22N2O2. The molecule has 104 valence electrons. The maximum Gasteiger partial charge on any atom is 0.308 e. The van der Waals surface area contributed by atoms with Crippen LogP contribution in [-0.2, 0) is 16.1 Å². The molecule has 0 atom stereocenters. The van der Waals surface area contributed by atoms with E-state index >= 15 is 0 Å². The van der Waals surface area contributed by atoms with Gasteiger partial charge in [-0.15, -0.1) is 0 Å². The van der Waals surface area contributed by atoms with Gasteiger partial charge >= 0.3 is 5.97 Å². The normalized spacial score (nSPS) is 23.3. The van der Waals surface area contributed by atoms with Gasteiger partial charge in [0.1, 0.15) is 0 Å². The Labute approximate surface area is 114 Å². The van der Waals surface area contributed by atoms with Crippen LogP contribution in [0.25, 0.3) is 0 Å². The molecule has 0 unspecified atom stereocenters. The van der Waals surface area contributed by atoms with E-state index in [0.717, 1.165) is 37.9 Å². The number of ether oxygens (including phenoxy) is 1. The predicted molar refractivity (Wildman–Crippen MR) is 73.5 cm³/mol. The molecule has 4 nitrogen and oxygen atoms in total. The Morgan fingerprint density at radius 3 is 2.68 bits per heavy atom. The van der Waals surface area contributed by atoms with Gasteiger partial charge in [0, 0.05) is 18.8 Å². The molecule has 1 aliphatic carbocycles. The summed E-state index contributed by atoms with van der Waals surface area (Å²) >= 11 is 0. The number of carbonyl (C=O) groups is 1. The molecule has 4 heteroatoms. The Balaban J connectivity index is 1.82. The highest BCUT2D eigenvalue weighted by molar-refractivity contribution is 5.72. The van der Waals surface area contributed by atoms with Crippen LogP contribution in [-0.4, -0.2) is 36.1 Å². The monoisotopic (exact) mass is 262 g/mol. The minimum absolute atomic E-state index is 0.0502. The number of carbonyl (C=O) groups excluding carboxylic acids is 1. The van der Waals surface area contributed by atoms with Crippen molar-refractivity contribution in [3.05, 3.63) is 30.1 Å². The van der Waals surface area contributed by atoms with Crippen molar-refractivity contribution in [1.29, 1.82) is 0 Å². The van der Waals surface area contributed by atoms with Crippen LogP contribution in [0.4, 0.5) is 0 Å². The molecule has 0 amide bonds. The highest BCUT2D eigenvalue weighted by atomic mass is 16.5. The van der Waals surface area contributed by atoms with E-state index in [1.807, 2.05) is 18.3 Å². The van der Waals surface area contributed by atoms with Crippen molar-refractivity contribution in [1.82, 2.24) is 9.88 Å². The highest BCUT2D eigenvalue weighted by Gasteiger charge is 2.28. The molecule has 1 aromatic rings. The van der Waals surface area contributed by atoms with Crippen LogP contribution < -0.4 is 0 Å². The SMILES string of the molecule is COC(=O)C1CCC(N(C)Cc2ccccn2)CC1. The number of pyridine rings is 1. The lowest BCUT2D eigenvalue weighted by atomic mass is 9.85. The summed E-state index contributed by atoms with van der Waals surface area (Å²) in [6.07, 6.45) is 5.82. The first kappa shape index (κ1) is 14.0.